The van der Waals surface area contributed by atoms with Crippen LogP contribution in [0.15, 0.2) is 11.4 Å². The maximum Gasteiger partial charge on any atom is 0.405 e. The molecule has 2 aliphatic heterocycles. The van der Waals surface area contributed by atoms with Gasteiger partial charge in [-0.05, 0) is 5.92 Å². The van der Waals surface area contributed by atoms with Crippen LogP contribution in [-0.2, 0) is 4.79 Å². The molecule has 118 valence electrons. The molecule has 2 rings (SSSR count). The Morgan fingerprint density at radius 2 is 2.19 bits per heavy atom. The third kappa shape index (κ3) is 3.57. The molecule has 8 heteroatoms. The van der Waals surface area contributed by atoms with Crippen LogP contribution in [0.25, 0.3) is 0 Å². The molecule has 0 fully saturated rings. The van der Waals surface area contributed by atoms with Crippen LogP contribution in [0.1, 0.15) is 26.7 Å². The lowest BCUT2D eigenvalue weighted by molar-refractivity contribution is -0.134. The Bertz CT molecular complexity index is 451. The van der Waals surface area contributed by atoms with Gasteiger partial charge in [0.1, 0.15) is 6.04 Å². The van der Waals surface area contributed by atoms with E-state index in [-0.39, 0.29) is 11.8 Å². The summed E-state index contributed by atoms with van der Waals surface area (Å²) in [6.07, 6.45) is 0.302. The van der Waals surface area contributed by atoms with Crippen LogP contribution in [0.2, 0.25) is 0 Å². The molecule has 21 heavy (non-hydrogen) atoms. The summed E-state index contributed by atoms with van der Waals surface area (Å²) in [5.74, 6) is -0.193. The minimum atomic E-state index is -1.16. The number of carbonyl (C=O) groups is 2. The summed E-state index contributed by atoms with van der Waals surface area (Å²) in [5.41, 5.74) is 8.15. The molecule has 0 aliphatic carbocycles. The second kappa shape index (κ2) is 6.66. The summed E-state index contributed by atoms with van der Waals surface area (Å²) in [6.45, 7) is 5.50. The maximum atomic E-state index is 12.6. The number of carbonyl (C=O) groups excluding carboxylic acids is 1. The fourth-order valence-corrected chi connectivity index (χ4v) is 2.57. The van der Waals surface area contributed by atoms with E-state index in [4.69, 9.17) is 5.11 Å². The highest BCUT2D eigenvalue weighted by atomic mass is 16.4. The van der Waals surface area contributed by atoms with Gasteiger partial charge in [0.25, 0.3) is 0 Å². The molecule has 2 amide bonds. The van der Waals surface area contributed by atoms with Gasteiger partial charge in [0.05, 0.1) is 18.9 Å². The van der Waals surface area contributed by atoms with E-state index in [1.807, 2.05) is 13.8 Å². The Morgan fingerprint density at radius 3 is 2.86 bits per heavy atom. The molecule has 2 unspecified atom stereocenters. The van der Waals surface area contributed by atoms with Crippen LogP contribution in [-0.4, -0.2) is 47.8 Å². The fraction of sp³-hybridized carbons (Fsp3) is 0.692. The van der Waals surface area contributed by atoms with E-state index in [0.717, 1.165) is 24.2 Å². The van der Waals surface area contributed by atoms with E-state index in [1.165, 1.54) is 0 Å². The summed E-state index contributed by atoms with van der Waals surface area (Å²) in [7, 11) is 0. The molecule has 8 nitrogen and oxygen atoms in total. The fourth-order valence-electron chi connectivity index (χ4n) is 2.57. The molecule has 5 N–H and O–H groups in total. The molecule has 0 radical (unpaired) electrons. The molecule has 0 aromatic heterocycles. The topological polar surface area (TPSA) is 106 Å². The first-order chi connectivity index (χ1) is 10.0. The molecule has 2 heterocycles. The minimum Gasteiger partial charge on any atom is -0.465 e. The number of amides is 2. The van der Waals surface area contributed by atoms with E-state index < -0.39 is 12.1 Å². The second-order valence-corrected chi connectivity index (χ2v) is 5.43. The van der Waals surface area contributed by atoms with Crippen molar-refractivity contribution in [2.45, 2.75) is 32.7 Å². The zero-order valence-corrected chi connectivity index (χ0v) is 12.4. The Balaban J connectivity index is 2.07. The van der Waals surface area contributed by atoms with Gasteiger partial charge >= 0.3 is 6.09 Å². The van der Waals surface area contributed by atoms with Gasteiger partial charge in [0.15, 0.2) is 0 Å². The second-order valence-electron chi connectivity index (χ2n) is 5.43. The first-order valence-electron chi connectivity index (χ1n) is 7.26. The quantitative estimate of drug-likeness (QED) is 0.491. The van der Waals surface area contributed by atoms with Crippen molar-refractivity contribution in [1.29, 1.82) is 0 Å². The normalized spacial score (nSPS) is 20.8. The predicted molar refractivity (Wildman–Crippen MR) is 76.9 cm³/mol. The van der Waals surface area contributed by atoms with Crippen LogP contribution in [0.3, 0.4) is 0 Å². The molecule has 0 aromatic carbocycles. The first-order valence-corrected chi connectivity index (χ1v) is 7.26. The van der Waals surface area contributed by atoms with E-state index in [2.05, 4.69) is 21.5 Å². The van der Waals surface area contributed by atoms with Crippen LogP contribution in [0, 0.1) is 5.92 Å². The van der Waals surface area contributed by atoms with Gasteiger partial charge < -0.3 is 26.1 Å². The third-order valence-electron chi connectivity index (χ3n) is 4.04. The van der Waals surface area contributed by atoms with Gasteiger partial charge in [-0.1, -0.05) is 20.3 Å². The van der Waals surface area contributed by atoms with Crippen molar-refractivity contribution in [2.75, 3.05) is 19.8 Å². The molecule has 0 saturated carbocycles. The summed E-state index contributed by atoms with van der Waals surface area (Å²) in [5, 5.41) is 14.5. The van der Waals surface area contributed by atoms with Crippen molar-refractivity contribution < 1.29 is 14.7 Å². The monoisotopic (exact) mass is 297 g/mol. The maximum absolute atomic E-state index is 12.6. The Labute approximate surface area is 123 Å². The van der Waals surface area contributed by atoms with Crippen LogP contribution >= 0.6 is 0 Å². The first kappa shape index (κ1) is 15.4. The highest BCUT2D eigenvalue weighted by Gasteiger charge is 2.32. The number of carboxylic acid groups (broad SMARTS) is 1. The molecule has 0 bridgehead atoms. The van der Waals surface area contributed by atoms with Crippen molar-refractivity contribution in [2.24, 2.45) is 5.92 Å². The third-order valence-corrected chi connectivity index (χ3v) is 4.04. The van der Waals surface area contributed by atoms with Gasteiger partial charge in [-0.15, -0.1) is 0 Å². The number of rotatable bonds is 4. The number of hydrazine groups is 1. The molecule has 0 saturated heterocycles. The van der Waals surface area contributed by atoms with Crippen molar-refractivity contribution >= 4 is 12.0 Å². The van der Waals surface area contributed by atoms with Gasteiger partial charge in [-0.3, -0.25) is 4.79 Å². The lowest BCUT2D eigenvalue weighted by Crippen LogP contribution is -2.56. The van der Waals surface area contributed by atoms with Crippen molar-refractivity contribution in [3.8, 4) is 0 Å². The molecule has 0 aromatic rings. The van der Waals surface area contributed by atoms with Crippen molar-refractivity contribution in [1.82, 2.24) is 26.4 Å². The standard InChI is InChI=1S/C13H23N5O3/c1-3-8(2)11(16-13(20)21)12(19)18-5-4-9-10(6-18)14-7-15-17-9/h8,11,14-17H,3-7H2,1-2H3,(H,20,21). The van der Waals surface area contributed by atoms with Gasteiger partial charge in [-0.25, -0.2) is 10.2 Å². The van der Waals surface area contributed by atoms with Gasteiger partial charge in [0, 0.05) is 18.7 Å². The lowest BCUT2D eigenvalue weighted by atomic mass is 9.97. The summed E-state index contributed by atoms with van der Waals surface area (Å²) in [4.78, 5) is 25.3. The van der Waals surface area contributed by atoms with Crippen LogP contribution in [0.4, 0.5) is 4.79 Å². The largest absolute Gasteiger partial charge is 0.465 e. The highest BCUT2D eigenvalue weighted by Crippen LogP contribution is 2.18. The lowest BCUT2D eigenvalue weighted by Gasteiger charge is -2.37. The number of hydrogen-bond donors (Lipinski definition) is 5. The predicted octanol–water partition coefficient (Wildman–Crippen LogP) is -0.232. The average molecular weight is 297 g/mol. The van der Waals surface area contributed by atoms with Crippen molar-refractivity contribution in [3.05, 3.63) is 11.4 Å². The number of hydrogen-bond acceptors (Lipinski definition) is 5. The molecular formula is C13H23N5O3. The highest BCUT2D eigenvalue weighted by molar-refractivity contribution is 5.86. The summed E-state index contributed by atoms with van der Waals surface area (Å²) in [6, 6.07) is -0.690. The number of nitrogens with one attached hydrogen (secondary N) is 4. The van der Waals surface area contributed by atoms with Gasteiger partial charge in [0.2, 0.25) is 5.91 Å². The summed E-state index contributed by atoms with van der Waals surface area (Å²) >= 11 is 0. The summed E-state index contributed by atoms with van der Waals surface area (Å²) < 4.78 is 0. The molecule has 2 atom stereocenters. The number of nitrogens with zero attached hydrogens (tertiary/aromatic N) is 1. The Morgan fingerprint density at radius 1 is 1.43 bits per heavy atom. The van der Waals surface area contributed by atoms with Crippen LogP contribution in [0.5, 0.6) is 0 Å². The smallest absolute Gasteiger partial charge is 0.405 e. The van der Waals surface area contributed by atoms with E-state index >= 15 is 0 Å². The Hall–Kier alpha value is -1.96. The van der Waals surface area contributed by atoms with Crippen molar-refractivity contribution in [3.63, 3.8) is 0 Å². The molecule has 0 spiro atoms. The minimum absolute atomic E-state index is 0.0388. The molecule has 2 aliphatic rings. The van der Waals surface area contributed by atoms with Crippen LogP contribution < -0.4 is 21.5 Å². The van der Waals surface area contributed by atoms with E-state index in [9.17, 15) is 9.59 Å². The van der Waals surface area contributed by atoms with Gasteiger partial charge in [-0.2, -0.15) is 0 Å². The van der Waals surface area contributed by atoms with E-state index in [0.29, 0.717) is 19.8 Å². The Kier molecular flexibility index (Phi) is 4.89. The SMILES string of the molecule is CCC(C)C(NC(=O)O)C(=O)N1CCC2=C(C1)NCNN2. The van der Waals surface area contributed by atoms with E-state index in [1.54, 1.807) is 4.90 Å². The zero-order chi connectivity index (χ0) is 15.4. The molecular weight excluding hydrogens is 274 g/mol. The average Bonchev–Trinajstić information content (AvgIpc) is 2.50. The zero-order valence-electron chi connectivity index (χ0n) is 12.4.